The number of carbonyl (C=O) groups is 1. The zero-order valence-electron chi connectivity index (χ0n) is 17.2. The quantitative estimate of drug-likeness (QED) is 0.301. The molecule has 0 saturated heterocycles. The number of halogens is 3. The van der Waals surface area contributed by atoms with Gasteiger partial charge in [0.1, 0.15) is 17.2 Å². The molecule has 1 amide bonds. The Kier molecular flexibility index (Phi) is 8.36. The first-order valence-electron chi connectivity index (χ1n) is 9.40. The zero-order valence-corrected chi connectivity index (χ0v) is 21.1. The first kappa shape index (κ1) is 25.0. The molecule has 172 valence electrons. The van der Waals surface area contributed by atoms with Gasteiger partial charge in [-0.2, -0.15) is 5.10 Å². The third-order valence-corrected chi connectivity index (χ3v) is 7.23. The average Bonchev–Trinajstić information content (AvgIpc) is 2.79. The summed E-state index contributed by atoms with van der Waals surface area (Å²) < 4.78 is 33.9. The van der Waals surface area contributed by atoms with E-state index < -0.39 is 22.5 Å². The molecule has 33 heavy (non-hydrogen) atoms. The zero-order chi connectivity index (χ0) is 24.0. The van der Waals surface area contributed by atoms with Crippen molar-refractivity contribution in [2.24, 2.45) is 5.10 Å². The number of amides is 1. The van der Waals surface area contributed by atoms with Gasteiger partial charge in [0.25, 0.3) is 15.9 Å². The van der Waals surface area contributed by atoms with E-state index in [1.807, 2.05) is 0 Å². The number of hydrazone groups is 1. The summed E-state index contributed by atoms with van der Waals surface area (Å²) in [5, 5.41) is 4.70. The summed E-state index contributed by atoms with van der Waals surface area (Å²) in [5.41, 5.74) is 3.17. The number of anilines is 1. The third-order valence-electron chi connectivity index (χ3n) is 4.38. The molecule has 0 aliphatic carbocycles. The number of methoxy groups -OCH3 is 1. The predicted octanol–water partition coefficient (Wildman–Crippen LogP) is 5.11. The third kappa shape index (κ3) is 6.26. The van der Waals surface area contributed by atoms with Crippen LogP contribution in [-0.2, 0) is 14.8 Å². The molecule has 0 heterocycles. The second-order valence-corrected chi connectivity index (χ2v) is 10.2. The van der Waals surface area contributed by atoms with Crippen molar-refractivity contribution in [3.05, 3.63) is 86.8 Å². The largest absolute Gasteiger partial charge is 0.495 e. The van der Waals surface area contributed by atoms with E-state index in [0.29, 0.717) is 25.8 Å². The number of nitrogens with zero attached hydrogens (tertiary/aromatic N) is 2. The summed E-state index contributed by atoms with van der Waals surface area (Å²) >= 11 is 15.2. The van der Waals surface area contributed by atoms with Gasteiger partial charge in [0.05, 0.1) is 24.0 Å². The van der Waals surface area contributed by atoms with Crippen LogP contribution in [0.2, 0.25) is 10.0 Å². The van der Waals surface area contributed by atoms with E-state index in [0.717, 1.165) is 4.31 Å². The second kappa shape index (κ2) is 11.0. The molecule has 0 spiro atoms. The fourth-order valence-electron chi connectivity index (χ4n) is 2.83. The van der Waals surface area contributed by atoms with Crippen LogP contribution in [-0.4, -0.2) is 34.2 Å². The Labute approximate surface area is 210 Å². The van der Waals surface area contributed by atoms with Gasteiger partial charge in [-0.1, -0.05) is 63.4 Å². The molecule has 3 aromatic rings. The van der Waals surface area contributed by atoms with Crippen LogP contribution in [0.15, 0.2) is 81.2 Å². The molecule has 7 nitrogen and oxygen atoms in total. The van der Waals surface area contributed by atoms with Crippen LogP contribution in [0.4, 0.5) is 5.69 Å². The number of nitrogens with one attached hydrogen (secondary N) is 1. The summed E-state index contributed by atoms with van der Waals surface area (Å²) in [5.74, 6) is -0.507. The maximum absolute atomic E-state index is 13.5. The number of benzene rings is 3. The van der Waals surface area contributed by atoms with Gasteiger partial charge in [-0.3, -0.25) is 9.10 Å². The van der Waals surface area contributed by atoms with E-state index in [9.17, 15) is 13.2 Å². The van der Waals surface area contributed by atoms with Gasteiger partial charge in [0, 0.05) is 15.1 Å². The lowest BCUT2D eigenvalue weighted by molar-refractivity contribution is -0.119. The van der Waals surface area contributed by atoms with Crippen molar-refractivity contribution in [1.29, 1.82) is 0 Å². The molecule has 3 rings (SSSR count). The van der Waals surface area contributed by atoms with E-state index in [-0.39, 0.29) is 10.6 Å². The minimum absolute atomic E-state index is 0.0903. The maximum Gasteiger partial charge on any atom is 0.268 e. The van der Waals surface area contributed by atoms with Crippen molar-refractivity contribution >= 4 is 67.0 Å². The van der Waals surface area contributed by atoms with E-state index in [2.05, 4.69) is 26.5 Å². The summed E-state index contributed by atoms with van der Waals surface area (Å²) in [7, 11) is -2.80. The maximum atomic E-state index is 13.5. The van der Waals surface area contributed by atoms with Gasteiger partial charge >= 0.3 is 0 Å². The molecule has 0 radical (unpaired) electrons. The van der Waals surface area contributed by atoms with Crippen LogP contribution in [0.5, 0.6) is 5.75 Å². The summed E-state index contributed by atoms with van der Waals surface area (Å²) in [6.45, 7) is -0.520. The standard InChI is InChI=1S/C22H18BrCl2N3O4S/c1-32-20-10-8-16(23)11-21(20)33(30,31)28(18-5-3-2-4-6-18)14-22(29)27-26-13-15-7-9-17(24)12-19(15)25/h2-13H,14H2,1H3,(H,27,29)/b26-13-. The lowest BCUT2D eigenvalue weighted by Crippen LogP contribution is -2.39. The Bertz CT molecular complexity index is 1290. The van der Waals surface area contributed by atoms with E-state index in [1.54, 1.807) is 54.6 Å². The van der Waals surface area contributed by atoms with Gasteiger partial charge in [-0.05, 0) is 42.5 Å². The van der Waals surface area contributed by atoms with Crippen LogP contribution >= 0.6 is 39.1 Å². The molecule has 0 unspecified atom stereocenters. The predicted molar refractivity (Wildman–Crippen MR) is 134 cm³/mol. The Hall–Kier alpha value is -2.59. The highest BCUT2D eigenvalue weighted by Gasteiger charge is 2.30. The van der Waals surface area contributed by atoms with Crippen molar-refractivity contribution in [3.8, 4) is 5.75 Å². The molecule has 0 aliphatic rings. The van der Waals surface area contributed by atoms with Crippen molar-refractivity contribution in [1.82, 2.24) is 5.43 Å². The van der Waals surface area contributed by atoms with E-state index in [1.165, 1.54) is 25.5 Å². The Morgan fingerprint density at radius 3 is 2.52 bits per heavy atom. The highest BCUT2D eigenvalue weighted by Crippen LogP contribution is 2.32. The van der Waals surface area contributed by atoms with Crippen molar-refractivity contribution in [3.63, 3.8) is 0 Å². The van der Waals surface area contributed by atoms with E-state index in [4.69, 9.17) is 27.9 Å². The summed E-state index contributed by atoms with van der Waals surface area (Å²) in [4.78, 5) is 12.5. The van der Waals surface area contributed by atoms with E-state index >= 15 is 0 Å². The smallest absolute Gasteiger partial charge is 0.268 e. The fourth-order valence-corrected chi connectivity index (χ4v) is 5.40. The highest BCUT2D eigenvalue weighted by molar-refractivity contribution is 9.10. The number of hydrogen-bond acceptors (Lipinski definition) is 5. The lowest BCUT2D eigenvalue weighted by atomic mass is 10.2. The number of ether oxygens (including phenoxy) is 1. The molecule has 11 heteroatoms. The van der Waals surface area contributed by atoms with Crippen LogP contribution in [0.1, 0.15) is 5.56 Å². The fraction of sp³-hybridized carbons (Fsp3) is 0.0909. The number of para-hydroxylation sites is 1. The molecule has 3 aromatic carbocycles. The Morgan fingerprint density at radius 2 is 1.85 bits per heavy atom. The molecule has 0 saturated carbocycles. The highest BCUT2D eigenvalue weighted by atomic mass is 79.9. The minimum Gasteiger partial charge on any atom is -0.495 e. The molecular formula is C22H18BrCl2N3O4S. The molecular weight excluding hydrogens is 553 g/mol. The van der Waals surface area contributed by atoms with Gasteiger partial charge in [0.15, 0.2) is 0 Å². The molecule has 0 bridgehead atoms. The van der Waals surface area contributed by atoms with Gasteiger partial charge < -0.3 is 4.74 Å². The van der Waals surface area contributed by atoms with Crippen molar-refractivity contribution in [2.75, 3.05) is 18.0 Å². The Morgan fingerprint density at radius 1 is 1.12 bits per heavy atom. The number of sulfonamides is 1. The summed E-state index contributed by atoms with van der Waals surface area (Å²) in [6, 6.07) is 17.7. The molecule has 0 aliphatic heterocycles. The monoisotopic (exact) mass is 569 g/mol. The van der Waals surface area contributed by atoms with Gasteiger partial charge in [0.2, 0.25) is 0 Å². The average molecular weight is 571 g/mol. The number of rotatable bonds is 8. The number of hydrogen-bond donors (Lipinski definition) is 1. The van der Waals surface area contributed by atoms with Crippen LogP contribution in [0.25, 0.3) is 0 Å². The van der Waals surface area contributed by atoms with Crippen molar-refractivity contribution < 1.29 is 17.9 Å². The van der Waals surface area contributed by atoms with Crippen LogP contribution in [0.3, 0.4) is 0 Å². The Balaban J connectivity index is 1.88. The normalized spacial score (nSPS) is 11.4. The molecule has 0 atom stereocenters. The molecule has 0 aromatic heterocycles. The van der Waals surface area contributed by atoms with Gasteiger partial charge in [-0.25, -0.2) is 13.8 Å². The minimum atomic E-state index is -4.17. The SMILES string of the molecule is COc1ccc(Br)cc1S(=O)(=O)N(CC(=O)N/N=C\c1ccc(Cl)cc1Cl)c1ccccc1. The molecule has 1 N–H and O–H groups in total. The number of carbonyl (C=O) groups excluding carboxylic acids is 1. The van der Waals surface area contributed by atoms with Crippen LogP contribution in [0, 0.1) is 0 Å². The first-order valence-corrected chi connectivity index (χ1v) is 12.4. The molecule has 0 fully saturated rings. The lowest BCUT2D eigenvalue weighted by Gasteiger charge is -2.24. The van der Waals surface area contributed by atoms with Crippen LogP contribution < -0.4 is 14.5 Å². The first-order chi connectivity index (χ1) is 15.7. The van der Waals surface area contributed by atoms with Gasteiger partial charge in [-0.15, -0.1) is 0 Å². The summed E-state index contributed by atoms with van der Waals surface area (Å²) in [6.07, 6.45) is 1.34. The van der Waals surface area contributed by atoms with Crippen molar-refractivity contribution in [2.45, 2.75) is 4.90 Å². The topological polar surface area (TPSA) is 88.1 Å². The second-order valence-electron chi connectivity index (χ2n) is 6.60.